The van der Waals surface area contributed by atoms with E-state index in [4.69, 9.17) is 0 Å². The summed E-state index contributed by atoms with van der Waals surface area (Å²) in [7, 11) is 0. The minimum absolute atomic E-state index is 0.00365. The number of ketones is 1. The Bertz CT molecular complexity index is 928. The number of carbonyl (C=O) groups is 1. The van der Waals surface area contributed by atoms with Gasteiger partial charge in [-0.05, 0) is 54.1 Å². The molecule has 3 rings (SSSR count). The summed E-state index contributed by atoms with van der Waals surface area (Å²) < 4.78 is 0. The number of hydrogen-bond acceptors (Lipinski definition) is 6. The van der Waals surface area contributed by atoms with Crippen LogP contribution in [0.3, 0.4) is 0 Å². The highest BCUT2D eigenvalue weighted by molar-refractivity contribution is 6.14. The Morgan fingerprint density at radius 3 is 1.52 bits per heavy atom. The van der Waals surface area contributed by atoms with Crippen molar-refractivity contribution in [2.75, 3.05) is 19.6 Å². The van der Waals surface area contributed by atoms with Crippen LogP contribution in [0.25, 0.3) is 12.2 Å². The summed E-state index contributed by atoms with van der Waals surface area (Å²) in [4.78, 5) is 35.7. The summed E-state index contributed by atoms with van der Waals surface area (Å²) in [6, 6.07) is 12.1. The van der Waals surface area contributed by atoms with E-state index in [1.54, 1.807) is 36.4 Å². The molecule has 0 aromatic heterocycles. The first-order valence-electron chi connectivity index (χ1n) is 9.04. The van der Waals surface area contributed by atoms with E-state index in [-0.39, 0.29) is 17.2 Å². The van der Waals surface area contributed by atoms with Crippen LogP contribution in [-0.2, 0) is 4.79 Å². The molecule has 0 atom stereocenters. The van der Waals surface area contributed by atoms with E-state index < -0.39 is 9.85 Å². The number of hydrogen-bond donors (Lipinski definition) is 0. The van der Waals surface area contributed by atoms with E-state index >= 15 is 0 Å². The summed E-state index contributed by atoms with van der Waals surface area (Å²) in [5.74, 6) is -0.0913. The van der Waals surface area contributed by atoms with Crippen molar-refractivity contribution in [3.8, 4) is 0 Å². The number of nitro groups is 2. The van der Waals surface area contributed by atoms with Gasteiger partial charge in [-0.2, -0.15) is 0 Å². The molecule has 2 aromatic rings. The van der Waals surface area contributed by atoms with Crippen molar-refractivity contribution in [3.05, 3.63) is 91.0 Å². The van der Waals surface area contributed by atoms with Crippen molar-refractivity contribution in [1.82, 2.24) is 4.90 Å². The summed E-state index contributed by atoms with van der Waals surface area (Å²) in [5.41, 5.74) is 2.62. The van der Waals surface area contributed by atoms with Gasteiger partial charge in [0.15, 0.2) is 5.78 Å². The number of likely N-dealkylation sites (tertiary alicyclic amines) is 1. The number of benzene rings is 2. The summed E-state index contributed by atoms with van der Waals surface area (Å²) in [5, 5.41) is 21.6. The highest BCUT2D eigenvalue weighted by Gasteiger charge is 2.25. The molecular weight excluding hydrogens is 374 g/mol. The van der Waals surface area contributed by atoms with Gasteiger partial charge in [0.25, 0.3) is 11.4 Å². The number of nitro benzene ring substituents is 2. The summed E-state index contributed by atoms with van der Waals surface area (Å²) >= 11 is 0. The quantitative estimate of drug-likeness (QED) is 0.433. The molecule has 1 heterocycles. The van der Waals surface area contributed by atoms with Crippen LogP contribution in [0, 0.1) is 20.2 Å². The molecule has 8 heteroatoms. The second-order valence-electron chi connectivity index (χ2n) is 6.67. The van der Waals surface area contributed by atoms with Crippen molar-refractivity contribution < 1.29 is 14.6 Å². The van der Waals surface area contributed by atoms with Gasteiger partial charge in [0.1, 0.15) is 0 Å². The highest BCUT2D eigenvalue weighted by Crippen LogP contribution is 2.23. The molecule has 0 amide bonds. The third kappa shape index (κ3) is 4.80. The first kappa shape index (κ1) is 20.1. The van der Waals surface area contributed by atoms with Crippen LogP contribution in [-0.4, -0.2) is 40.2 Å². The minimum Gasteiger partial charge on any atom is -0.295 e. The maximum Gasteiger partial charge on any atom is 0.269 e. The fraction of sp³-hybridized carbons (Fsp3) is 0.190. The van der Waals surface area contributed by atoms with Crippen LogP contribution in [0.15, 0.2) is 59.7 Å². The summed E-state index contributed by atoms with van der Waals surface area (Å²) in [6.45, 7) is 3.74. The second kappa shape index (κ2) is 8.57. The number of nitrogens with zero attached hydrogens (tertiary/aromatic N) is 3. The van der Waals surface area contributed by atoms with E-state index in [2.05, 4.69) is 4.90 Å². The molecule has 0 aliphatic carbocycles. The number of carbonyl (C=O) groups excluding carboxylic acids is 1. The minimum atomic E-state index is -0.466. The molecule has 1 fully saturated rings. The van der Waals surface area contributed by atoms with Gasteiger partial charge in [0, 0.05) is 48.5 Å². The largest absolute Gasteiger partial charge is 0.295 e. The number of rotatable bonds is 5. The molecule has 2 aromatic carbocycles. The van der Waals surface area contributed by atoms with Gasteiger partial charge in [-0.1, -0.05) is 6.92 Å². The predicted octanol–water partition coefficient (Wildman–Crippen LogP) is 3.87. The van der Waals surface area contributed by atoms with Crippen LogP contribution in [0.4, 0.5) is 11.4 Å². The van der Waals surface area contributed by atoms with Crippen LogP contribution < -0.4 is 0 Å². The zero-order valence-electron chi connectivity index (χ0n) is 15.8. The molecule has 1 aliphatic heterocycles. The normalized spacial score (nSPS) is 17.6. The molecule has 1 aliphatic rings. The lowest BCUT2D eigenvalue weighted by atomic mass is 9.94. The third-order valence-corrected chi connectivity index (χ3v) is 4.71. The van der Waals surface area contributed by atoms with Gasteiger partial charge in [0.05, 0.1) is 9.85 Å². The van der Waals surface area contributed by atoms with Gasteiger partial charge in [-0.25, -0.2) is 0 Å². The molecule has 29 heavy (non-hydrogen) atoms. The predicted molar refractivity (Wildman–Crippen MR) is 109 cm³/mol. The van der Waals surface area contributed by atoms with E-state index in [1.807, 2.05) is 6.92 Å². The Balaban J connectivity index is 1.90. The lowest BCUT2D eigenvalue weighted by Gasteiger charge is -2.28. The van der Waals surface area contributed by atoms with E-state index in [9.17, 15) is 25.0 Å². The lowest BCUT2D eigenvalue weighted by molar-refractivity contribution is -0.385. The molecule has 0 bridgehead atoms. The molecule has 8 nitrogen and oxygen atoms in total. The van der Waals surface area contributed by atoms with Crippen LogP contribution in [0.5, 0.6) is 0 Å². The van der Waals surface area contributed by atoms with Crippen LogP contribution in [0.2, 0.25) is 0 Å². The number of likely N-dealkylation sites (N-methyl/N-ethyl adjacent to an activating group) is 1. The Hall–Kier alpha value is -3.65. The fourth-order valence-corrected chi connectivity index (χ4v) is 3.12. The summed E-state index contributed by atoms with van der Waals surface area (Å²) in [6.07, 6.45) is 3.50. The Morgan fingerprint density at radius 2 is 1.21 bits per heavy atom. The van der Waals surface area contributed by atoms with Crippen molar-refractivity contribution in [2.45, 2.75) is 6.92 Å². The zero-order valence-corrected chi connectivity index (χ0v) is 15.8. The Kier molecular flexibility index (Phi) is 5.94. The van der Waals surface area contributed by atoms with Gasteiger partial charge >= 0.3 is 0 Å². The monoisotopic (exact) mass is 393 g/mol. The van der Waals surface area contributed by atoms with Gasteiger partial charge < -0.3 is 0 Å². The van der Waals surface area contributed by atoms with Crippen LogP contribution >= 0.6 is 0 Å². The molecule has 148 valence electrons. The first-order valence-corrected chi connectivity index (χ1v) is 9.04. The Labute approximate surface area is 167 Å². The molecule has 0 spiro atoms. The molecule has 0 radical (unpaired) electrons. The Morgan fingerprint density at radius 1 is 0.828 bits per heavy atom. The maximum absolute atomic E-state index is 13.0. The topological polar surface area (TPSA) is 107 Å². The SMILES string of the molecule is CCN1CC(=Cc2ccc([N+](=O)[O-])cc2)C(=O)C(=Cc2ccc([N+](=O)[O-])cc2)C1. The number of non-ortho nitro benzene ring substituents is 2. The van der Waals surface area contributed by atoms with E-state index in [0.717, 1.165) is 6.54 Å². The smallest absolute Gasteiger partial charge is 0.269 e. The third-order valence-electron chi connectivity index (χ3n) is 4.71. The van der Waals surface area contributed by atoms with Gasteiger partial charge in [-0.3, -0.25) is 29.9 Å². The highest BCUT2D eigenvalue weighted by atomic mass is 16.6. The van der Waals surface area contributed by atoms with Crippen molar-refractivity contribution in [3.63, 3.8) is 0 Å². The van der Waals surface area contributed by atoms with Gasteiger partial charge in [-0.15, -0.1) is 0 Å². The first-order chi connectivity index (χ1) is 13.9. The van der Waals surface area contributed by atoms with E-state index in [1.165, 1.54) is 24.3 Å². The van der Waals surface area contributed by atoms with Crippen molar-refractivity contribution in [1.29, 1.82) is 0 Å². The van der Waals surface area contributed by atoms with Crippen molar-refractivity contribution in [2.24, 2.45) is 0 Å². The van der Waals surface area contributed by atoms with Crippen molar-refractivity contribution >= 4 is 29.3 Å². The molecule has 1 saturated heterocycles. The van der Waals surface area contributed by atoms with Gasteiger partial charge in [0.2, 0.25) is 0 Å². The molecule has 0 unspecified atom stereocenters. The van der Waals surface area contributed by atoms with Crippen LogP contribution in [0.1, 0.15) is 18.1 Å². The fourth-order valence-electron chi connectivity index (χ4n) is 3.12. The number of Topliss-reactive ketones (excluding diaryl/α,β-unsaturated/α-hetero) is 1. The molecular formula is C21H19N3O5. The molecule has 0 N–H and O–H groups in total. The zero-order chi connectivity index (χ0) is 21.0. The van der Waals surface area contributed by atoms with E-state index in [0.29, 0.717) is 35.4 Å². The lowest BCUT2D eigenvalue weighted by Crippen LogP contribution is -2.37. The standard InChI is InChI=1S/C21H19N3O5/c1-2-22-13-17(11-15-3-7-19(8-4-15)23(26)27)21(25)18(14-22)12-16-5-9-20(10-6-16)24(28)29/h3-12H,2,13-14H2,1H3. The average Bonchev–Trinajstić information content (AvgIpc) is 2.71. The second-order valence-corrected chi connectivity index (χ2v) is 6.67. The molecule has 0 saturated carbocycles. The number of piperidine rings is 1. The average molecular weight is 393 g/mol. The maximum atomic E-state index is 13.0.